The van der Waals surface area contributed by atoms with Crippen LogP contribution >= 0.6 is 0 Å². The minimum atomic E-state index is -4.13. The van der Waals surface area contributed by atoms with E-state index in [1.54, 1.807) is 17.9 Å². The number of nitrogens with zero attached hydrogens (tertiary/aromatic N) is 3. The van der Waals surface area contributed by atoms with Crippen LogP contribution in [0.2, 0.25) is 0 Å². The molecule has 1 aliphatic heterocycles. The predicted octanol–water partition coefficient (Wildman–Crippen LogP) is -0.434. The van der Waals surface area contributed by atoms with E-state index in [2.05, 4.69) is 21.2 Å². The van der Waals surface area contributed by atoms with E-state index in [0.717, 1.165) is 44.2 Å². The van der Waals surface area contributed by atoms with Gasteiger partial charge in [0.25, 0.3) is 0 Å². The summed E-state index contributed by atoms with van der Waals surface area (Å²) in [6.07, 6.45) is 10.6. The molecule has 2 N–H and O–H groups in total. The molecule has 0 radical (unpaired) electrons. The van der Waals surface area contributed by atoms with Gasteiger partial charge in [0.2, 0.25) is 0 Å². The third kappa shape index (κ3) is 4.07. The van der Waals surface area contributed by atoms with Crippen LogP contribution in [0.1, 0.15) is 49.4 Å². The van der Waals surface area contributed by atoms with Gasteiger partial charge in [0, 0.05) is 30.4 Å². The largest absolute Gasteiger partial charge is 1.00 e. The summed E-state index contributed by atoms with van der Waals surface area (Å²) in [5.74, 6) is 0. The number of hydrogen-bond donors (Lipinski definition) is 2. The molecule has 1 aromatic heterocycles. The van der Waals surface area contributed by atoms with E-state index in [9.17, 15) is 13.2 Å². The predicted molar refractivity (Wildman–Crippen MR) is 125 cm³/mol. The number of ether oxygens (including phenoxy) is 1. The molecule has 1 aromatic carbocycles. The Kier molecular flexibility index (Phi) is 6.25. The summed E-state index contributed by atoms with van der Waals surface area (Å²) < 4.78 is 37.4. The molecule has 2 heterocycles. The molecular weight excluding hydrogens is 465 g/mol. The van der Waals surface area contributed by atoms with Gasteiger partial charge in [0.15, 0.2) is 0 Å². The van der Waals surface area contributed by atoms with Gasteiger partial charge in [-0.05, 0) is 73.6 Å². The summed E-state index contributed by atoms with van der Waals surface area (Å²) in [5.41, 5.74) is 6.26. The van der Waals surface area contributed by atoms with Crippen molar-refractivity contribution >= 4 is 27.6 Å². The molecule has 6 rings (SSSR count). The average Bonchev–Trinajstić information content (AvgIpc) is 3.42. The number of carbonyl (C=O) groups is 1. The van der Waals surface area contributed by atoms with Crippen molar-refractivity contribution in [2.75, 3.05) is 22.8 Å². The third-order valence-electron chi connectivity index (χ3n) is 7.62. The molecule has 178 valence electrons. The third-order valence-corrected chi connectivity index (χ3v) is 9.09. The van der Waals surface area contributed by atoms with Crippen LogP contribution in [-0.4, -0.2) is 43.5 Å². The Morgan fingerprint density at radius 3 is 2.35 bits per heavy atom. The number of aromatic nitrogens is 2. The second-order valence-corrected chi connectivity index (χ2v) is 11.6. The van der Waals surface area contributed by atoms with Crippen LogP contribution in [0.25, 0.3) is 0 Å². The van der Waals surface area contributed by atoms with Gasteiger partial charge in [-0.15, -0.1) is 0 Å². The summed E-state index contributed by atoms with van der Waals surface area (Å²) in [4.78, 5) is 13.0. The molecule has 2 aromatic rings. The number of anilines is 2. The molecule has 1 spiro atoms. The van der Waals surface area contributed by atoms with Crippen LogP contribution in [0.15, 0.2) is 18.5 Å². The SMILES string of the molecule is Cn1cc(N(C2CC3(COC3)C2)S(=O)(=O)NC(=O)Nc2c3c(cc4c2CCC4)CCC3)cn1.[H-].[Na+]. The minimum Gasteiger partial charge on any atom is -1.00 e. The summed E-state index contributed by atoms with van der Waals surface area (Å²) >= 11 is 0. The number of hydrogen-bond acceptors (Lipinski definition) is 5. The first-order chi connectivity index (χ1) is 15.8. The van der Waals surface area contributed by atoms with Crippen molar-refractivity contribution in [1.82, 2.24) is 14.5 Å². The molecule has 1 saturated heterocycles. The van der Waals surface area contributed by atoms with Crippen LogP contribution < -0.4 is 43.9 Å². The molecule has 4 aliphatic rings. The van der Waals surface area contributed by atoms with Crippen LogP contribution in [0.4, 0.5) is 16.2 Å². The molecule has 9 nitrogen and oxygen atoms in total. The van der Waals surface area contributed by atoms with Gasteiger partial charge in [0.1, 0.15) is 0 Å². The minimum absolute atomic E-state index is 0. The van der Waals surface area contributed by atoms with Gasteiger partial charge < -0.3 is 11.5 Å². The van der Waals surface area contributed by atoms with Crippen molar-refractivity contribution in [2.45, 2.75) is 57.4 Å². The van der Waals surface area contributed by atoms with Gasteiger partial charge in [-0.2, -0.15) is 13.5 Å². The maximum absolute atomic E-state index is 13.4. The van der Waals surface area contributed by atoms with Crippen LogP contribution in [0.3, 0.4) is 0 Å². The molecule has 2 fully saturated rings. The van der Waals surface area contributed by atoms with Crippen molar-refractivity contribution in [3.05, 3.63) is 40.7 Å². The normalized spacial score (nSPS) is 20.0. The van der Waals surface area contributed by atoms with Crippen molar-refractivity contribution in [1.29, 1.82) is 0 Å². The summed E-state index contributed by atoms with van der Waals surface area (Å²) in [6, 6.07) is 1.35. The number of fused-ring (bicyclic) bond motifs is 2. The van der Waals surface area contributed by atoms with E-state index >= 15 is 0 Å². The second kappa shape index (κ2) is 8.81. The van der Waals surface area contributed by atoms with E-state index in [4.69, 9.17) is 4.74 Å². The zero-order valence-corrected chi connectivity index (χ0v) is 22.6. The molecule has 2 amide bonds. The second-order valence-electron chi connectivity index (χ2n) is 10.0. The number of nitrogens with one attached hydrogen (secondary N) is 2. The fraction of sp³-hybridized carbons (Fsp3) is 0.565. The Hall–Kier alpha value is -1.59. The van der Waals surface area contributed by atoms with E-state index in [1.807, 2.05) is 0 Å². The number of rotatable bonds is 5. The van der Waals surface area contributed by atoms with Gasteiger partial charge in [-0.3, -0.25) is 4.68 Å². The average molecular weight is 496 g/mol. The van der Waals surface area contributed by atoms with E-state index < -0.39 is 16.2 Å². The van der Waals surface area contributed by atoms with Crippen LogP contribution in [0, 0.1) is 5.41 Å². The standard InChI is InChI=1S/C23H29N5O4S.Na.H/c1-27-12-18(11-24-27)28(17-9-23(10-17)13-32-14-23)33(30,31)26-22(29)25-21-19-6-2-4-15(19)8-16-5-3-7-20(16)21;;/h8,11-12,17H,2-7,9-10,13-14H2,1H3,(H2,25,26,29);;/q;+1;-1. The van der Waals surface area contributed by atoms with Gasteiger partial charge in [0.05, 0.1) is 25.1 Å². The Bertz CT molecular complexity index is 1210. The number of benzene rings is 1. The summed E-state index contributed by atoms with van der Waals surface area (Å²) in [6.45, 7) is 1.34. The molecular formula is C23H30N5NaO4S. The smallest absolute Gasteiger partial charge is 1.00 e. The topological polar surface area (TPSA) is 106 Å². The first-order valence-electron chi connectivity index (χ1n) is 11.7. The zero-order chi connectivity index (χ0) is 22.8. The Morgan fingerprint density at radius 1 is 1.18 bits per heavy atom. The van der Waals surface area contributed by atoms with Gasteiger partial charge in [-0.1, -0.05) is 6.07 Å². The number of amides is 2. The van der Waals surface area contributed by atoms with E-state index in [1.165, 1.54) is 32.8 Å². The quantitative estimate of drug-likeness (QED) is 0.548. The molecule has 0 atom stereocenters. The fourth-order valence-electron chi connectivity index (χ4n) is 6.07. The van der Waals surface area contributed by atoms with Crippen LogP contribution in [-0.2, 0) is 47.7 Å². The van der Waals surface area contributed by atoms with E-state index in [-0.39, 0.29) is 42.4 Å². The van der Waals surface area contributed by atoms with E-state index in [0.29, 0.717) is 31.7 Å². The maximum atomic E-state index is 13.4. The molecule has 3 aliphatic carbocycles. The Balaban J connectivity index is 0.00000144. The molecule has 1 saturated carbocycles. The number of aryl methyl sites for hydroxylation is 3. The maximum Gasteiger partial charge on any atom is 1.00 e. The molecule has 34 heavy (non-hydrogen) atoms. The number of carbonyl (C=O) groups excluding carboxylic acids is 1. The summed E-state index contributed by atoms with van der Waals surface area (Å²) in [5, 5.41) is 7.07. The Morgan fingerprint density at radius 2 is 1.82 bits per heavy atom. The Labute approximate surface area is 223 Å². The monoisotopic (exact) mass is 495 g/mol. The fourth-order valence-corrected chi connectivity index (χ4v) is 7.37. The van der Waals surface area contributed by atoms with Crippen LogP contribution in [0.5, 0.6) is 0 Å². The zero-order valence-electron chi connectivity index (χ0n) is 20.8. The van der Waals surface area contributed by atoms with Crippen molar-refractivity contribution in [2.24, 2.45) is 12.5 Å². The number of urea groups is 1. The van der Waals surface area contributed by atoms with Gasteiger partial charge >= 0.3 is 45.8 Å². The first-order valence-corrected chi connectivity index (χ1v) is 13.1. The summed E-state index contributed by atoms with van der Waals surface area (Å²) in [7, 11) is -2.38. The molecule has 11 heteroatoms. The molecule has 0 unspecified atom stereocenters. The van der Waals surface area contributed by atoms with Gasteiger partial charge in [-0.25, -0.2) is 13.8 Å². The van der Waals surface area contributed by atoms with Crippen molar-refractivity contribution in [3.63, 3.8) is 0 Å². The molecule has 0 bridgehead atoms. The van der Waals surface area contributed by atoms with Crippen molar-refractivity contribution in [3.8, 4) is 0 Å². The van der Waals surface area contributed by atoms with Crippen molar-refractivity contribution < 1.29 is 48.9 Å². The first kappa shape index (κ1) is 24.1.